The minimum atomic E-state index is -0.204. The van der Waals surface area contributed by atoms with Gasteiger partial charge >= 0.3 is 0 Å². The molecule has 0 spiro atoms. The number of furan rings is 1. The van der Waals surface area contributed by atoms with Gasteiger partial charge in [-0.25, -0.2) is 4.39 Å². The monoisotopic (exact) mass is 275 g/mol. The van der Waals surface area contributed by atoms with Gasteiger partial charge in [0.05, 0.1) is 0 Å². The summed E-state index contributed by atoms with van der Waals surface area (Å²) >= 11 is 0. The summed E-state index contributed by atoms with van der Waals surface area (Å²) in [5.74, 6) is 1.90. The van der Waals surface area contributed by atoms with Crippen LogP contribution < -0.4 is 5.32 Å². The number of benzene rings is 1. The van der Waals surface area contributed by atoms with Crippen molar-refractivity contribution in [2.24, 2.45) is 5.92 Å². The molecule has 1 aromatic heterocycles. The molecule has 0 amide bonds. The molecule has 0 radical (unpaired) electrons. The molecule has 108 valence electrons. The first-order valence-electron chi connectivity index (χ1n) is 7.36. The fourth-order valence-corrected chi connectivity index (χ4v) is 2.84. The molecule has 3 rings (SSSR count). The van der Waals surface area contributed by atoms with E-state index in [0.29, 0.717) is 11.8 Å². The van der Waals surface area contributed by atoms with E-state index in [1.807, 2.05) is 6.07 Å². The molecule has 1 fully saturated rings. The van der Waals surface area contributed by atoms with Crippen LogP contribution in [-0.4, -0.2) is 12.1 Å². The van der Waals surface area contributed by atoms with Gasteiger partial charge in [0.15, 0.2) is 0 Å². The highest BCUT2D eigenvalue weighted by Gasteiger charge is 2.34. The molecule has 3 heteroatoms. The summed E-state index contributed by atoms with van der Waals surface area (Å²) < 4.78 is 19.1. The molecule has 2 aromatic rings. The van der Waals surface area contributed by atoms with Crippen molar-refractivity contribution in [2.45, 2.75) is 45.1 Å². The van der Waals surface area contributed by atoms with Gasteiger partial charge in [-0.05, 0) is 70.3 Å². The summed E-state index contributed by atoms with van der Waals surface area (Å²) in [4.78, 5) is 0. The normalized spacial score (nSPS) is 23.0. The molecule has 0 saturated heterocycles. The number of hydrogen-bond donors (Lipinski definition) is 1. The number of nitrogens with one attached hydrogen (secondary N) is 1. The lowest BCUT2D eigenvalue weighted by atomic mass is 9.72. The molecule has 1 N–H and O–H groups in total. The van der Waals surface area contributed by atoms with Crippen LogP contribution in [0.3, 0.4) is 0 Å². The highest BCUT2D eigenvalue weighted by molar-refractivity contribution is 5.78. The highest BCUT2D eigenvalue weighted by atomic mass is 19.1. The smallest absolute Gasteiger partial charge is 0.134 e. The molecule has 1 aliphatic rings. The average molecular weight is 275 g/mol. The van der Waals surface area contributed by atoms with Crippen molar-refractivity contribution in [3.05, 3.63) is 35.8 Å². The second-order valence-electron chi connectivity index (χ2n) is 6.91. The second-order valence-corrected chi connectivity index (χ2v) is 6.91. The first-order chi connectivity index (χ1) is 9.42. The Labute approximate surface area is 119 Å². The molecule has 0 bridgehead atoms. The van der Waals surface area contributed by atoms with E-state index in [1.165, 1.54) is 18.9 Å². The van der Waals surface area contributed by atoms with Crippen LogP contribution in [0.25, 0.3) is 11.0 Å². The van der Waals surface area contributed by atoms with Crippen molar-refractivity contribution in [1.82, 2.24) is 5.32 Å². The van der Waals surface area contributed by atoms with Gasteiger partial charge in [-0.1, -0.05) is 0 Å². The third-order valence-electron chi connectivity index (χ3n) is 4.17. The molecule has 2 nitrogen and oxygen atoms in total. The summed E-state index contributed by atoms with van der Waals surface area (Å²) in [6, 6.07) is 6.72. The zero-order valence-corrected chi connectivity index (χ0v) is 12.4. The van der Waals surface area contributed by atoms with E-state index in [2.05, 4.69) is 26.1 Å². The zero-order valence-electron chi connectivity index (χ0n) is 12.4. The molecular formula is C17H22FNO. The van der Waals surface area contributed by atoms with E-state index in [0.717, 1.165) is 23.3 Å². The zero-order chi connectivity index (χ0) is 14.3. The average Bonchev–Trinajstić information content (AvgIpc) is 2.68. The van der Waals surface area contributed by atoms with E-state index in [4.69, 9.17) is 4.42 Å². The summed E-state index contributed by atoms with van der Waals surface area (Å²) in [6.45, 7) is 7.57. The Morgan fingerprint density at radius 3 is 2.70 bits per heavy atom. The molecule has 1 aliphatic carbocycles. The van der Waals surface area contributed by atoms with Crippen molar-refractivity contribution >= 4 is 11.0 Å². The molecule has 1 heterocycles. The van der Waals surface area contributed by atoms with Crippen LogP contribution in [0.1, 0.15) is 45.3 Å². The Kier molecular flexibility index (Phi) is 3.33. The molecule has 1 saturated carbocycles. The molecule has 2 atom stereocenters. The predicted octanol–water partition coefficient (Wildman–Crippen LogP) is 4.45. The SMILES string of the molecule is CC(C)(C)NCC1CCC1c1cc2cc(F)ccc2o1. The first-order valence-corrected chi connectivity index (χ1v) is 7.36. The highest BCUT2D eigenvalue weighted by Crippen LogP contribution is 2.44. The molecule has 0 aliphatic heterocycles. The summed E-state index contributed by atoms with van der Waals surface area (Å²) in [7, 11) is 0. The van der Waals surface area contributed by atoms with Crippen LogP contribution in [0.5, 0.6) is 0 Å². The predicted molar refractivity (Wildman–Crippen MR) is 79.4 cm³/mol. The van der Waals surface area contributed by atoms with Gasteiger partial charge in [0.1, 0.15) is 17.2 Å². The lowest BCUT2D eigenvalue weighted by molar-refractivity contribution is 0.203. The Morgan fingerprint density at radius 2 is 2.05 bits per heavy atom. The maximum Gasteiger partial charge on any atom is 0.134 e. The Morgan fingerprint density at radius 1 is 1.25 bits per heavy atom. The van der Waals surface area contributed by atoms with Crippen LogP contribution in [-0.2, 0) is 0 Å². The molecule has 2 unspecified atom stereocenters. The van der Waals surface area contributed by atoms with E-state index < -0.39 is 0 Å². The van der Waals surface area contributed by atoms with E-state index in [1.54, 1.807) is 12.1 Å². The minimum absolute atomic E-state index is 0.150. The van der Waals surface area contributed by atoms with Gasteiger partial charge in [-0.2, -0.15) is 0 Å². The third kappa shape index (κ3) is 2.73. The van der Waals surface area contributed by atoms with Gasteiger partial charge in [0.2, 0.25) is 0 Å². The van der Waals surface area contributed by atoms with Crippen LogP contribution in [0.4, 0.5) is 4.39 Å². The van der Waals surface area contributed by atoms with Gasteiger partial charge in [-0.15, -0.1) is 0 Å². The van der Waals surface area contributed by atoms with Crippen molar-refractivity contribution in [1.29, 1.82) is 0 Å². The topological polar surface area (TPSA) is 25.2 Å². The van der Waals surface area contributed by atoms with Gasteiger partial charge in [0, 0.05) is 16.8 Å². The van der Waals surface area contributed by atoms with E-state index in [-0.39, 0.29) is 11.4 Å². The quantitative estimate of drug-likeness (QED) is 0.895. The fourth-order valence-electron chi connectivity index (χ4n) is 2.84. The minimum Gasteiger partial charge on any atom is -0.461 e. The van der Waals surface area contributed by atoms with Crippen molar-refractivity contribution < 1.29 is 8.81 Å². The van der Waals surface area contributed by atoms with Crippen LogP contribution in [0.2, 0.25) is 0 Å². The van der Waals surface area contributed by atoms with Crippen molar-refractivity contribution in [2.75, 3.05) is 6.54 Å². The largest absolute Gasteiger partial charge is 0.461 e. The van der Waals surface area contributed by atoms with Gasteiger partial charge < -0.3 is 9.73 Å². The number of fused-ring (bicyclic) bond motifs is 1. The number of halogens is 1. The molecular weight excluding hydrogens is 253 g/mol. The van der Waals surface area contributed by atoms with Crippen LogP contribution in [0, 0.1) is 11.7 Å². The van der Waals surface area contributed by atoms with Crippen LogP contribution in [0.15, 0.2) is 28.7 Å². The first kappa shape index (κ1) is 13.6. The number of rotatable bonds is 3. The number of hydrogen-bond acceptors (Lipinski definition) is 2. The fraction of sp³-hybridized carbons (Fsp3) is 0.529. The van der Waals surface area contributed by atoms with E-state index in [9.17, 15) is 4.39 Å². The lowest BCUT2D eigenvalue weighted by Gasteiger charge is -2.37. The second kappa shape index (κ2) is 4.88. The standard InChI is InChI=1S/C17H22FNO/c1-17(2,3)19-10-11-4-6-14(11)16-9-12-8-13(18)5-7-15(12)20-16/h5,7-9,11,14,19H,4,6,10H2,1-3H3. The molecule has 1 aromatic carbocycles. The van der Waals surface area contributed by atoms with Gasteiger partial charge in [0.25, 0.3) is 0 Å². The molecule has 20 heavy (non-hydrogen) atoms. The Hall–Kier alpha value is -1.35. The van der Waals surface area contributed by atoms with Crippen molar-refractivity contribution in [3.63, 3.8) is 0 Å². The lowest BCUT2D eigenvalue weighted by Crippen LogP contribution is -2.42. The van der Waals surface area contributed by atoms with Gasteiger partial charge in [-0.3, -0.25) is 0 Å². The summed E-state index contributed by atoms with van der Waals surface area (Å²) in [6.07, 6.45) is 2.40. The Balaban J connectivity index is 1.74. The summed E-state index contributed by atoms with van der Waals surface area (Å²) in [5, 5.41) is 4.43. The van der Waals surface area contributed by atoms with E-state index >= 15 is 0 Å². The third-order valence-corrected chi connectivity index (χ3v) is 4.17. The summed E-state index contributed by atoms with van der Waals surface area (Å²) in [5.41, 5.74) is 0.938. The van der Waals surface area contributed by atoms with Crippen LogP contribution >= 0.6 is 0 Å². The van der Waals surface area contributed by atoms with Crippen molar-refractivity contribution in [3.8, 4) is 0 Å². The maximum absolute atomic E-state index is 13.2. The Bertz CT molecular complexity index is 611. The maximum atomic E-state index is 13.2.